The molecule has 0 spiro atoms. The second-order valence-corrected chi connectivity index (χ2v) is 9.49. The van der Waals surface area contributed by atoms with Crippen molar-refractivity contribution in [3.8, 4) is 11.4 Å². The quantitative estimate of drug-likeness (QED) is 0.288. The second kappa shape index (κ2) is 9.66. The summed E-state index contributed by atoms with van der Waals surface area (Å²) in [6.07, 6.45) is -2.00. The van der Waals surface area contributed by atoms with Crippen LogP contribution >= 0.6 is 11.6 Å². The van der Waals surface area contributed by atoms with Gasteiger partial charge in [-0.25, -0.2) is 23.3 Å². The molecule has 6 rings (SSSR count). The van der Waals surface area contributed by atoms with Crippen LogP contribution in [-0.2, 0) is 17.5 Å². The van der Waals surface area contributed by atoms with E-state index in [9.17, 15) is 31.5 Å². The lowest BCUT2D eigenvalue weighted by Gasteiger charge is -2.28. The highest BCUT2D eigenvalue weighted by atomic mass is 35.5. The number of anilines is 1. The molecule has 1 aliphatic heterocycles. The first-order valence-corrected chi connectivity index (χ1v) is 12.2. The minimum atomic E-state index is -4.90. The van der Waals surface area contributed by atoms with Crippen molar-refractivity contribution >= 4 is 34.9 Å². The van der Waals surface area contributed by atoms with Crippen molar-refractivity contribution in [1.82, 2.24) is 29.5 Å². The van der Waals surface area contributed by atoms with Gasteiger partial charge in [-0.3, -0.25) is 9.59 Å². The normalized spacial score (nSPS) is 15.1. The number of imidazole rings is 1. The molecule has 0 bridgehead atoms. The molecule has 2 aromatic carbocycles. The van der Waals surface area contributed by atoms with Gasteiger partial charge in [0.15, 0.2) is 11.5 Å². The number of amides is 2. The number of hydrogen-bond acceptors (Lipinski definition) is 5. The molecule has 41 heavy (non-hydrogen) atoms. The van der Waals surface area contributed by atoms with E-state index in [0.29, 0.717) is 23.3 Å². The Balaban J connectivity index is 1.52. The highest BCUT2D eigenvalue weighted by molar-refractivity contribution is 6.31. The Kier molecular flexibility index (Phi) is 6.21. The van der Waals surface area contributed by atoms with Gasteiger partial charge in [-0.2, -0.15) is 18.3 Å². The van der Waals surface area contributed by atoms with Crippen molar-refractivity contribution in [1.29, 1.82) is 0 Å². The largest absolute Gasteiger partial charge is 0.416 e. The standard InChI is InChI=1S/C26H15ClF5N7O2/c27-18-3-2-15(28)8-17(18)21-22-23(37-25(41)13-5-14(26(30,31)32)7-16(29)6-13)36-24(38(22)10-20(40)35-21)12-1-4-19-33-11-34-39(19)9-12/h1-9,11,21H,10H2,(H,35,40)(H,37,41)/t21-/m0/s1. The van der Waals surface area contributed by atoms with Crippen LogP contribution in [0.3, 0.4) is 0 Å². The van der Waals surface area contributed by atoms with Crippen molar-refractivity contribution in [2.75, 3.05) is 5.32 Å². The summed E-state index contributed by atoms with van der Waals surface area (Å²) in [6, 6.07) is 7.09. The first-order chi connectivity index (χ1) is 19.5. The molecule has 208 valence electrons. The van der Waals surface area contributed by atoms with Crippen LogP contribution in [0, 0.1) is 11.6 Å². The number of pyridine rings is 1. The average molecular weight is 588 g/mol. The summed E-state index contributed by atoms with van der Waals surface area (Å²) in [5.41, 5.74) is -0.723. The Labute approximate surface area is 231 Å². The van der Waals surface area contributed by atoms with Gasteiger partial charge in [-0.05, 0) is 48.5 Å². The van der Waals surface area contributed by atoms with Crippen LogP contribution in [0.15, 0.2) is 61.1 Å². The maximum absolute atomic E-state index is 14.3. The van der Waals surface area contributed by atoms with Gasteiger partial charge in [0, 0.05) is 27.9 Å². The molecule has 9 nitrogen and oxygen atoms in total. The molecule has 2 amide bonds. The average Bonchev–Trinajstić information content (AvgIpc) is 3.53. The number of carbonyl (C=O) groups excluding carboxylic acids is 2. The van der Waals surface area contributed by atoms with Crippen LogP contribution in [0.1, 0.15) is 33.2 Å². The molecule has 0 saturated carbocycles. The minimum absolute atomic E-state index is 0.0918. The number of halogens is 6. The summed E-state index contributed by atoms with van der Waals surface area (Å²) in [6.45, 7) is -0.273. The fraction of sp³-hybridized carbons (Fsp3) is 0.115. The van der Waals surface area contributed by atoms with Crippen molar-refractivity contribution < 1.29 is 31.5 Å². The zero-order valence-corrected chi connectivity index (χ0v) is 21.1. The van der Waals surface area contributed by atoms with Crippen LogP contribution in [0.5, 0.6) is 0 Å². The smallest absolute Gasteiger partial charge is 0.342 e. The monoisotopic (exact) mass is 587 g/mol. The number of nitrogens with one attached hydrogen (secondary N) is 2. The predicted molar refractivity (Wildman–Crippen MR) is 135 cm³/mol. The van der Waals surface area contributed by atoms with Crippen LogP contribution in [0.4, 0.5) is 27.8 Å². The summed E-state index contributed by atoms with van der Waals surface area (Å²) in [5, 5.41) is 9.31. The maximum Gasteiger partial charge on any atom is 0.416 e. The lowest BCUT2D eigenvalue weighted by Crippen LogP contribution is -2.39. The molecular formula is C26H15ClF5N7O2. The van der Waals surface area contributed by atoms with E-state index in [1.807, 2.05) is 0 Å². The predicted octanol–water partition coefficient (Wildman–Crippen LogP) is 5.01. The first-order valence-electron chi connectivity index (χ1n) is 11.8. The lowest BCUT2D eigenvalue weighted by molar-refractivity contribution is -0.137. The molecule has 1 aliphatic rings. The number of rotatable bonds is 4. The van der Waals surface area contributed by atoms with E-state index in [1.165, 1.54) is 21.5 Å². The van der Waals surface area contributed by atoms with Gasteiger partial charge >= 0.3 is 6.18 Å². The van der Waals surface area contributed by atoms with E-state index < -0.39 is 46.8 Å². The summed E-state index contributed by atoms with van der Waals surface area (Å²) >= 11 is 6.35. The van der Waals surface area contributed by atoms with E-state index in [2.05, 4.69) is 25.7 Å². The number of hydrogen-bond donors (Lipinski definition) is 2. The van der Waals surface area contributed by atoms with Gasteiger partial charge in [0.25, 0.3) is 5.91 Å². The molecule has 0 radical (unpaired) electrons. The molecule has 2 N–H and O–H groups in total. The number of nitrogens with zero attached hydrogens (tertiary/aromatic N) is 5. The van der Waals surface area contributed by atoms with Gasteiger partial charge in [0.05, 0.1) is 17.3 Å². The summed E-state index contributed by atoms with van der Waals surface area (Å²) in [5.74, 6) is -3.51. The molecule has 1 atom stereocenters. The van der Waals surface area contributed by atoms with E-state index in [0.717, 1.165) is 12.1 Å². The molecule has 0 aliphatic carbocycles. The highest BCUT2D eigenvalue weighted by Crippen LogP contribution is 2.38. The second-order valence-electron chi connectivity index (χ2n) is 9.08. The maximum atomic E-state index is 14.3. The molecule has 0 fully saturated rings. The summed E-state index contributed by atoms with van der Waals surface area (Å²) in [4.78, 5) is 34.6. The van der Waals surface area contributed by atoms with Gasteiger partial charge in [0.2, 0.25) is 5.91 Å². The number of carbonyl (C=O) groups is 2. The number of benzene rings is 2. The van der Waals surface area contributed by atoms with Crippen LogP contribution in [0.25, 0.3) is 17.0 Å². The minimum Gasteiger partial charge on any atom is -0.342 e. The van der Waals surface area contributed by atoms with Gasteiger partial charge in [-0.15, -0.1) is 0 Å². The Morgan fingerprint density at radius 2 is 1.88 bits per heavy atom. The van der Waals surface area contributed by atoms with Crippen molar-refractivity contribution in [3.05, 3.63) is 100 Å². The lowest BCUT2D eigenvalue weighted by atomic mass is 10.0. The van der Waals surface area contributed by atoms with Crippen molar-refractivity contribution in [3.63, 3.8) is 0 Å². The zero-order valence-electron chi connectivity index (χ0n) is 20.4. The Morgan fingerprint density at radius 1 is 1.07 bits per heavy atom. The molecule has 3 aromatic heterocycles. The van der Waals surface area contributed by atoms with Gasteiger partial charge in [0.1, 0.15) is 30.3 Å². The third-order valence-corrected chi connectivity index (χ3v) is 6.75. The Morgan fingerprint density at radius 3 is 2.66 bits per heavy atom. The fourth-order valence-corrected chi connectivity index (χ4v) is 4.85. The zero-order chi connectivity index (χ0) is 29.1. The number of aromatic nitrogens is 5. The molecule has 0 unspecified atom stereocenters. The molecule has 0 saturated heterocycles. The SMILES string of the molecule is O=C1Cn2c(-c3ccc4ncnn4c3)nc(NC(=O)c3cc(F)cc(C(F)(F)F)c3)c2[C@H](c2cc(F)ccc2Cl)N1. The molecule has 4 heterocycles. The topological polar surface area (TPSA) is 106 Å². The van der Waals surface area contributed by atoms with Crippen LogP contribution in [0.2, 0.25) is 5.02 Å². The van der Waals surface area contributed by atoms with E-state index in [4.69, 9.17) is 11.6 Å². The Hall–Kier alpha value is -4.85. The van der Waals surface area contributed by atoms with E-state index >= 15 is 0 Å². The number of fused-ring (bicyclic) bond motifs is 2. The third-order valence-electron chi connectivity index (χ3n) is 6.41. The number of alkyl halides is 3. The first kappa shape index (κ1) is 26.4. The molecule has 15 heteroatoms. The third kappa shape index (κ3) is 4.86. The fourth-order valence-electron chi connectivity index (χ4n) is 4.62. The van der Waals surface area contributed by atoms with Gasteiger partial charge in [-0.1, -0.05) is 11.6 Å². The van der Waals surface area contributed by atoms with Crippen molar-refractivity contribution in [2.24, 2.45) is 0 Å². The Bertz CT molecular complexity index is 1870. The van der Waals surface area contributed by atoms with Crippen molar-refractivity contribution in [2.45, 2.75) is 18.8 Å². The summed E-state index contributed by atoms with van der Waals surface area (Å²) < 4.78 is 71.1. The molecular weight excluding hydrogens is 573 g/mol. The van der Waals surface area contributed by atoms with Crippen LogP contribution < -0.4 is 10.6 Å². The van der Waals surface area contributed by atoms with Gasteiger partial charge < -0.3 is 15.2 Å². The van der Waals surface area contributed by atoms with Crippen LogP contribution in [-0.4, -0.2) is 36.0 Å². The highest BCUT2D eigenvalue weighted by Gasteiger charge is 2.36. The molecule has 5 aromatic rings. The van der Waals surface area contributed by atoms with E-state index in [1.54, 1.807) is 18.3 Å². The van der Waals surface area contributed by atoms with E-state index in [-0.39, 0.29) is 40.5 Å². The summed E-state index contributed by atoms with van der Waals surface area (Å²) in [7, 11) is 0.